The highest BCUT2D eigenvalue weighted by Gasteiger charge is 2.34. The van der Waals surface area contributed by atoms with Gasteiger partial charge in [-0.2, -0.15) is 0 Å². The Bertz CT molecular complexity index is 837. The maximum Gasteiger partial charge on any atom is 0.242 e. The number of nitrogens with zero attached hydrogens (tertiary/aromatic N) is 2. The molecular formula is C18H25N3O5S. The Kier molecular flexibility index (Phi) is 6.59. The Labute approximate surface area is 159 Å². The Balaban J connectivity index is 2.19. The van der Waals surface area contributed by atoms with E-state index in [1.54, 1.807) is 31.2 Å². The maximum atomic E-state index is 12.8. The Morgan fingerprint density at radius 1 is 1.22 bits per heavy atom. The number of hydrogen-bond acceptors (Lipinski definition) is 5. The van der Waals surface area contributed by atoms with Gasteiger partial charge in [0.2, 0.25) is 17.7 Å². The van der Waals surface area contributed by atoms with Crippen molar-refractivity contribution < 1.29 is 22.8 Å². The Morgan fingerprint density at radius 2 is 1.93 bits per heavy atom. The summed E-state index contributed by atoms with van der Waals surface area (Å²) in [5.41, 5.74) is 1.00. The van der Waals surface area contributed by atoms with E-state index >= 15 is 0 Å². The lowest BCUT2D eigenvalue weighted by Crippen LogP contribution is -2.47. The number of nitrogens with one attached hydrogen (secondary N) is 1. The average molecular weight is 395 g/mol. The lowest BCUT2D eigenvalue weighted by molar-refractivity contribution is -0.132. The molecular weight excluding hydrogens is 370 g/mol. The van der Waals surface area contributed by atoms with Crippen LogP contribution in [0.4, 0.5) is 11.4 Å². The summed E-state index contributed by atoms with van der Waals surface area (Å²) in [5, 5.41) is 2.64. The largest absolute Gasteiger partial charge is 0.337 e. The Morgan fingerprint density at radius 3 is 2.44 bits per heavy atom. The highest BCUT2D eigenvalue weighted by atomic mass is 32.2. The zero-order valence-corrected chi connectivity index (χ0v) is 16.6. The van der Waals surface area contributed by atoms with Crippen LogP contribution < -0.4 is 10.2 Å². The molecule has 8 nitrogen and oxygen atoms in total. The van der Waals surface area contributed by atoms with Gasteiger partial charge in [0.25, 0.3) is 0 Å². The van der Waals surface area contributed by atoms with Gasteiger partial charge in [0.05, 0.1) is 11.5 Å². The maximum absolute atomic E-state index is 12.8. The minimum Gasteiger partial charge on any atom is -0.337 e. The molecule has 1 heterocycles. The lowest BCUT2D eigenvalue weighted by Gasteiger charge is -2.30. The van der Waals surface area contributed by atoms with Crippen LogP contribution in [-0.4, -0.2) is 61.7 Å². The summed E-state index contributed by atoms with van der Waals surface area (Å²) in [5.74, 6) is -0.822. The second-order valence-electron chi connectivity index (χ2n) is 6.57. The van der Waals surface area contributed by atoms with Gasteiger partial charge in [0.1, 0.15) is 6.54 Å². The van der Waals surface area contributed by atoms with Gasteiger partial charge in [-0.15, -0.1) is 0 Å². The van der Waals surface area contributed by atoms with Crippen molar-refractivity contribution in [3.8, 4) is 0 Å². The van der Waals surface area contributed by atoms with Crippen LogP contribution in [0.5, 0.6) is 0 Å². The van der Waals surface area contributed by atoms with Crippen LogP contribution in [0.1, 0.15) is 27.2 Å². The van der Waals surface area contributed by atoms with Gasteiger partial charge in [0, 0.05) is 37.8 Å². The van der Waals surface area contributed by atoms with Crippen molar-refractivity contribution >= 4 is 38.9 Å². The van der Waals surface area contributed by atoms with Crippen LogP contribution in [0.25, 0.3) is 0 Å². The molecule has 0 spiro atoms. The van der Waals surface area contributed by atoms with E-state index in [0.717, 1.165) is 0 Å². The molecule has 0 aromatic heterocycles. The van der Waals surface area contributed by atoms with E-state index in [4.69, 9.17) is 0 Å². The second kappa shape index (κ2) is 8.51. The van der Waals surface area contributed by atoms with Gasteiger partial charge < -0.3 is 15.1 Å². The van der Waals surface area contributed by atoms with Crippen LogP contribution in [0, 0.1) is 0 Å². The lowest BCUT2D eigenvalue weighted by atomic mass is 10.2. The fourth-order valence-corrected chi connectivity index (χ4v) is 4.96. The summed E-state index contributed by atoms with van der Waals surface area (Å²) < 4.78 is 23.4. The molecule has 148 valence electrons. The monoisotopic (exact) mass is 395 g/mol. The third-order valence-electron chi connectivity index (χ3n) is 4.46. The standard InChI is InChI=1S/C18H25N3O5S/c1-4-20(17-8-9-27(25,26)12-17)18(24)11-21(14(3)23)16-7-5-6-15(10-16)19-13(2)22/h5-7,10,17H,4,8-9,11-12H2,1-3H3,(H,19,22). The van der Waals surface area contributed by atoms with Crippen molar-refractivity contribution in [3.63, 3.8) is 0 Å². The molecule has 0 aliphatic carbocycles. The van der Waals surface area contributed by atoms with Crippen molar-refractivity contribution in [2.75, 3.05) is 34.8 Å². The van der Waals surface area contributed by atoms with Crippen molar-refractivity contribution in [2.24, 2.45) is 0 Å². The van der Waals surface area contributed by atoms with Crippen LogP contribution in [-0.2, 0) is 24.2 Å². The minimum atomic E-state index is -3.11. The molecule has 27 heavy (non-hydrogen) atoms. The van der Waals surface area contributed by atoms with Gasteiger partial charge >= 0.3 is 0 Å². The molecule has 1 aromatic carbocycles. The quantitative estimate of drug-likeness (QED) is 0.775. The first-order valence-corrected chi connectivity index (χ1v) is 10.6. The molecule has 0 bridgehead atoms. The van der Waals surface area contributed by atoms with E-state index in [0.29, 0.717) is 24.3 Å². The summed E-state index contributed by atoms with van der Waals surface area (Å²) in [6, 6.07) is 6.31. The SMILES string of the molecule is CCN(C(=O)CN(C(C)=O)c1cccc(NC(C)=O)c1)C1CCS(=O)(=O)C1. The molecule has 1 aliphatic rings. The number of hydrogen-bond donors (Lipinski definition) is 1. The topological polar surface area (TPSA) is 104 Å². The fraction of sp³-hybridized carbons (Fsp3) is 0.500. The smallest absolute Gasteiger partial charge is 0.242 e. The molecule has 1 unspecified atom stereocenters. The van der Waals surface area contributed by atoms with E-state index in [2.05, 4.69) is 5.32 Å². The number of carbonyl (C=O) groups excluding carboxylic acids is 3. The highest BCUT2D eigenvalue weighted by Crippen LogP contribution is 2.22. The van der Waals surface area contributed by atoms with Crippen molar-refractivity contribution in [2.45, 2.75) is 33.2 Å². The zero-order chi connectivity index (χ0) is 20.2. The number of amides is 3. The normalized spacial score (nSPS) is 18.0. The number of carbonyl (C=O) groups is 3. The number of likely N-dealkylation sites (N-methyl/N-ethyl adjacent to an activating group) is 1. The van der Waals surface area contributed by atoms with Gasteiger partial charge in [-0.3, -0.25) is 14.4 Å². The highest BCUT2D eigenvalue weighted by molar-refractivity contribution is 7.91. The molecule has 0 radical (unpaired) electrons. The summed E-state index contributed by atoms with van der Waals surface area (Å²) >= 11 is 0. The first-order chi connectivity index (χ1) is 12.6. The van der Waals surface area contributed by atoms with Gasteiger partial charge in [-0.25, -0.2) is 8.42 Å². The molecule has 2 rings (SSSR count). The number of rotatable bonds is 6. The molecule has 1 atom stereocenters. The average Bonchev–Trinajstić information content (AvgIpc) is 2.92. The third kappa shape index (κ3) is 5.53. The van der Waals surface area contributed by atoms with E-state index in [-0.39, 0.29) is 41.8 Å². The molecule has 1 saturated heterocycles. The second-order valence-corrected chi connectivity index (χ2v) is 8.80. The minimum absolute atomic E-state index is 0.0370. The fourth-order valence-electron chi connectivity index (χ4n) is 3.22. The van der Waals surface area contributed by atoms with E-state index in [1.165, 1.54) is 23.6 Å². The first kappa shape index (κ1) is 20.9. The molecule has 1 aromatic rings. The molecule has 1 fully saturated rings. The molecule has 0 saturated carbocycles. The summed E-state index contributed by atoms with van der Waals surface area (Å²) in [6.45, 7) is 4.71. The summed E-state index contributed by atoms with van der Waals surface area (Å²) in [6.07, 6.45) is 0.417. The molecule has 1 aliphatic heterocycles. The van der Waals surface area contributed by atoms with Gasteiger partial charge in [-0.05, 0) is 31.5 Å². The third-order valence-corrected chi connectivity index (χ3v) is 6.21. The van der Waals surface area contributed by atoms with E-state index < -0.39 is 9.84 Å². The van der Waals surface area contributed by atoms with Gasteiger partial charge in [0.15, 0.2) is 9.84 Å². The first-order valence-electron chi connectivity index (χ1n) is 8.78. The van der Waals surface area contributed by atoms with Crippen molar-refractivity contribution in [3.05, 3.63) is 24.3 Å². The zero-order valence-electron chi connectivity index (χ0n) is 15.8. The summed E-state index contributed by atoms with van der Waals surface area (Å²) in [4.78, 5) is 39.0. The van der Waals surface area contributed by atoms with Crippen molar-refractivity contribution in [1.82, 2.24) is 4.90 Å². The molecule has 3 amide bonds. The van der Waals surface area contributed by atoms with E-state index in [1.807, 2.05) is 0 Å². The predicted molar refractivity (Wildman–Crippen MR) is 103 cm³/mol. The van der Waals surface area contributed by atoms with Crippen LogP contribution >= 0.6 is 0 Å². The van der Waals surface area contributed by atoms with Crippen LogP contribution in [0.2, 0.25) is 0 Å². The Hall–Kier alpha value is -2.42. The van der Waals surface area contributed by atoms with Crippen LogP contribution in [0.3, 0.4) is 0 Å². The van der Waals surface area contributed by atoms with E-state index in [9.17, 15) is 22.8 Å². The van der Waals surface area contributed by atoms with Gasteiger partial charge in [-0.1, -0.05) is 6.07 Å². The van der Waals surface area contributed by atoms with Crippen LogP contribution in [0.15, 0.2) is 24.3 Å². The van der Waals surface area contributed by atoms with Crippen molar-refractivity contribution in [1.29, 1.82) is 0 Å². The molecule has 1 N–H and O–H groups in total. The molecule has 9 heteroatoms. The number of anilines is 2. The predicted octanol–water partition coefficient (Wildman–Crippen LogP) is 1.03. The summed E-state index contributed by atoms with van der Waals surface area (Å²) in [7, 11) is -3.11. The number of sulfone groups is 1. The number of benzene rings is 1.